The Labute approximate surface area is 163 Å². The first kappa shape index (κ1) is 19.0. The van der Waals surface area contributed by atoms with Crippen LogP contribution in [-0.2, 0) is 4.79 Å². The first-order valence-electron chi connectivity index (χ1n) is 8.78. The van der Waals surface area contributed by atoms with Crippen LogP contribution in [0, 0.1) is 0 Å². The first-order valence-corrected chi connectivity index (χ1v) is 9.59. The Kier molecular flexibility index (Phi) is 5.81. The standard InChI is InChI=1S/C22H22N2O2S/c1-4-13-24-21(26)20(14-16-5-7-17(8-6-16)15(2)3)27-22(24)23-18-9-11-19(25)12-10-18/h4-12,14-15,25H,1,13H2,2-3H3/b20-14-,23-22?. The molecule has 138 valence electrons. The minimum atomic E-state index is -0.0784. The summed E-state index contributed by atoms with van der Waals surface area (Å²) in [6, 6.07) is 14.8. The van der Waals surface area contributed by atoms with Crippen LogP contribution in [0.1, 0.15) is 30.9 Å². The Morgan fingerprint density at radius 3 is 2.41 bits per heavy atom. The number of amides is 1. The third kappa shape index (κ3) is 4.49. The van der Waals surface area contributed by atoms with E-state index in [0.717, 1.165) is 5.56 Å². The maximum absolute atomic E-state index is 12.8. The quantitative estimate of drug-likeness (QED) is 0.567. The van der Waals surface area contributed by atoms with Crippen LogP contribution in [0.5, 0.6) is 5.75 Å². The van der Waals surface area contributed by atoms with Crippen molar-refractivity contribution < 1.29 is 9.90 Å². The molecule has 0 saturated carbocycles. The maximum atomic E-state index is 12.8. The van der Waals surface area contributed by atoms with Crippen molar-refractivity contribution in [3.8, 4) is 5.75 Å². The Morgan fingerprint density at radius 1 is 1.15 bits per heavy atom. The van der Waals surface area contributed by atoms with Gasteiger partial charge in [0.2, 0.25) is 0 Å². The summed E-state index contributed by atoms with van der Waals surface area (Å²) in [4.78, 5) is 19.6. The molecule has 1 saturated heterocycles. The molecule has 0 bridgehead atoms. The second-order valence-corrected chi connectivity index (χ2v) is 7.56. The fraction of sp³-hybridized carbons (Fsp3) is 0.182. The van der Waals surface area contributed by atoms with Crippen molar-refractivity contribution in [3.05, 3.63) is 77.2 Å². The normalized spacial score (nSPS) is 17.3. The molecule has 0 atom stereocenters. The van der Waals surface area contributed by atoms with Crippen LogP contribution < -0.4 is 0 Å². The predicted molar refractivity (Wildman–Crippen MR) is 113 cm³/mol. The number of carbonyl (C=O) groups excluding carboxylic acids is 1. The second kappa shape index (κ2) is 8.27. The average molecular weight is 378 g/mol. The van der Waals surface area contributed by atoms with Crippen LogP contribution in [0.2, 0.25) is 0 Å². The summed E-state index contributed by atoms with van der Waals surface area (Å²) in [5.41, 5.74) is 2.94. The van der Waals surface area contributed by atoms with Gasteiger partial charge in [-0.25, -0.2) is 4.99 Å². The molecule has 4 nitrogen and oxygen atoms in total. The molecule has 1 aliphatic rings. The third-order valence-electron chi connectivity index (χ3n) is 4.18. The SMILES string of the molecule is C=CCN1C(=O)/C(=C/c2ccc(C(C)C)cc2)SC1=Nc1ccc(O)cc1. The van der Waals surface area contributed by atoms with Gasteiger partial charge in [0.25, 0.3) is 5.91 Å². The molecule has 0 unspecified atom stereocenters. The molecule has 27 heavy (non-hydrogen) atoms. The fourth-order valence-corrected chi connectivity index (χ4v) is 3.66. The predicted octanol–water partition coefficient (Wildman–Crippen LogP) is 5.31. The van der Waals surface area contributed by atoms with Crippen LogP contribution in [0.4, 0.5) is 5.69 Å². The third-order valence-corrected chi connectivity index (χ3v) is 5.18. The van der Waals surface area contributed by atoms with Crippen molar-refractivity contribution >= 4 is 34.6 Å². The fourth-order valence-electron chi connectivity index (χ4n) is 2.65. The number of hydrogen-bond acceptors (Lipinski definition) is 4. The van der Waals surface area contributed by atoms with Crippen LogP contribution in [0.15, 0.2) is 71.1 Å². The largest absolute Gasteiger partial charge is 0.508 e. The summed E-state index contributed by atoms with van der Waals surface area (Å²) < 4.78 is 0. The molecule has 1 N–H and O–H groups in total. The molecule has 2 aromatic carbocycles. The lowest BCUT2D eigenvalue weighted by molar-refractivity contribution is -0.121. The van der Waals surface area contributed by atoms with Crippen molar-refractivity contribution in [3.63, 3.8) is 0 Å². The summed E-state index contributed by atoms with van der Waals surface area (Å²) in [6.07, 6.45) is 3.58. The van der Waals surface area contributed by atoms with Crippen molar-refractivity contribution in [2.24, 2.45) is 4.99 Å². The Morgan fingerprint density at radius 2 is 1.81 bits per heavy atom. The zero-order valence-electron chi connectivity index (χ0n) is 15.4. The van der Waals surface area contributed by atoms with Gasteiger partial charge in [-0.1, -0.05) is 44.2 Å². The van der Waals surface area contributed by atoms with E-state index in [1.54, 1.807) is 35.2 Å². The highest BCUT2D eigenvalue weighted by Gasteiger charge is 2.32. The Hall–Kier alpha value is -2.79. The average Bonchev–Trinajstić information content (AvgIpc) is 2.93. The number of aliphatic imine (C=N–C) groups is 1. The molecule has 0 spiro atoms. The highest BCUT2D eigenvalue weighted by molar-refractivity contribution is 8.18. The highest BCUT2D eigenvalue weighted by Crippen LogP contribution is 2.34. The Balaban J connectivity index is 1.90. The van der Waals surface area contributed by atoms with E-state index in [4.69, 9.17) is 0 Å². The van der Waals surface area contributed by atoms with Crippen LogP contribution >= 0.6 is 11.8 Å². The van der Waals surface area contributed by atoms with Gasteiger partial charge in [0, 0.05) is 6.54 Å². The van der Waals surface area contributed by atoms with E-state index < -0.39 is 0 Å². The van der Waals surface area contributed by atoms with Crippen molar-refractivity contribution in [2.45, 2.75) is 19.8 Å². The van der Waals surface area contributed by atoms with Gasteiger partial charge in [0.05, 0.1) is 10.6 Å². The molecule has 0 radical (unpaired) electrons. The molecule has 1 aliphatic heterocycles. The van der Waals surface area contributed by atoms with Gasteiger partial charge in [0.1, 0.15) is 5.75 Å². The number of hydrogen-bond donors (Lipinski definition) is 1. The zero-order valence-corrected chi connectivity index (χ0v) is 16.2. The van der Waals surface area contributed by atoms with Gasteiger partial charge in [-0.15, -0.1) is 6.58 Å². The molecule has 1 fully saturated rings. The molecule has 2 aromatic rings. The number of benzene rings is 2. The molecule has 5 heteroatoms. The summed E-state index contributed by atoms with van der Waals surface area (Å²) in [6.45, 7) is 8.44. The summed E-state index contributed by atoms with van der Waals surface area (Å²) in [5, 5.41) is 10.0. The summed E-state index contributed by atoms with van der Waals surface area (Å²) >= 11 is 1.35. The molecule has 0 aromatic heterocycles. The maximum Gasteiger partial charge on any atom is 0.267 e. The van der Waals surface area contributed by atoms with Crippen molar-refractivity contribution in [1.29, 1.82) is 0 Å². The van der Waals surface area contributed by atoms with Gasteiger partial charge < -0.3 is 5.11 Å². The van der Waals surface area contributed by atoms with E-state index in [1.807, 2.05) is 18.2 Å². The van der Waals surface area contributed by atoms with Crippen molar-refractivity contribution in [1.82, 2.24) is 4.90 Å². The minimum Gasteiger partial charge on any atom is -0.508 e. The highest BCUT2D eigenvalue weighted by atomic mass is 32.2. The van der Waals surface area contributed by atoms with Crippen LogP contribution in [0.25, 0.3) is 6.08 Å². The van der Waals surface area contributed by atoms with E-state index in [0.29, 0.717) is 28.2 Å². The van der Waals surface area contributed by atoms with E-state index in [2.05, 4.69) is 37.6 Å². The van der Waals surface area contributed by atoms with Gasteiger partial charge in [0.15, 0.2) is 5.17 Å². The number of thioether (sulfide) groups is 1. The van der Waals surface area contributed by atoms with Gasteiger partial charge >= 0.3 is 0 Å². The number of carbonyl (C=O) groups is 1. The van der Waals surface area contributed by atoms with E-state index in [1.165, 1.54) is 17.3 Å². The van der Waals surface area contributed by atoms with Gasteiger partial charge in [-0.05, 0) is 59.1 Å². The number of phenols is 1. The number of phenolic OH excluding ortho intramolecular Hbond substituents is 1. The first-order chi connectivity index (χ1) is 13.0. The lowest BCUT2D eigenvalue weighted by Crippen LogP contribution is -2.29. The molecule has 1 heterocycles. The van der Waals surface area contributed by atoms with Crippen molar-refractivity contribution in [2.75, 3.05) is 6.54 Å². The van der Waals surface area contributed by atoms with E-state index in [9.17, 15) is 9.90 Å². The van der Waals surface area contributed by atoms with E-state index in [-0.39, 0.29) is 11.7 Å². The van der Waals surface area contributed by atoms with E-state index >= 15 is 0 Å². The monoisotopic (exact) mass is 378 g/mol. The smallest absolute Gasteiger partial charge is 0.267 e. The second-order valence-electron chi connectivity index (χ2n) is 6.55. The number of rotatable bonds is 5. The minimum absolute atomic E-state index is 0.0784. The summed E-state index contributed by atoms with van der Waals surface area (Å²) in [7, 11) is 0. The Bertz CT molecular complexity index is 897. The number of aromatic hydroxyl groups is 1. The number of amidine groups is 1. The lowest BCUT2D eigenvalue weighted by atomic mass is 10.0. The molecular weight excluding hydrogens is 356 g/mol. The molecule has 3 rings (SSSR count). The van der Waals surface area contributed by atoms with Crippen LogP contribution in [0.3, 0.4) is 0 Å². The lowest BCUT2D eigenvalue weighted by Gasteiger charge is -2.12. The topological polar surface area (TPSA) is 52.9 Å². The van der Waals surface area contributed by atoms with Gasteiger partial charge in [-0.2, -0.15) is 0 Å². The molecule has 0 aliphatic carbocycles. The zero-order chi connectivity index (χ0) is 19.4. The molecular formula is C22H22N2O2S. The summed E-state index contributed by atoms with van der Waals surface area (Å²) in [5.74, 6) is 0.578. The molecule has 1 amide bonds. The van der Waals surface area contributed by atoms with Gasteiger partial charge in [-0.3, -0.25) is 9.69 Å². The number of nitrogens with zero attached hydrogens (tertiary/aromatic N) is 2. The van der Waals surface area contributed by atoms with Crippen LogP contribution in [-0.4, -0.2) is 27.6 Å².